The molecule has 2 N–H and O–H groups in total. The van der Waals surface area contributed by atoms with Gasteiger partial charge in [-0.3, -0.25) is 9.69 Å². The first-order chi connectivity index (χ1) is 9.99. The summed E-state index contributed by atoms with van der Waals surface area (Å²) in [6.45, 7) is 2.41. The van der Waals surface area contributed by atoms with Crippen LogP contribution < -0.4 is 5.32 Å². The smallest absolute Gasteiger partial charge is 0.238 e. The molecule has 1 saturated heterocycles. The summed E-state index contributed by atoms with van der Waals surface area (Å²) in [6.07, 6.45) is 1.88. The van der Waals surface area contributed by atoms with E-state index in [4.69, 9.17) is 5.11 Å². The molecule has 7 heteroatoms. The van der Waals surface area contributed by atoms with Gasteiger partial charge in [-0.15, -0.1) is 0 Å². The van der Waals surface area contributed by atoms with E-state index in [0.717, 1.165) is 45.0 Å². The predicted octanol–water partition coefficient (Wildman–Crippen LogP) is 3.62. The molecule has 0 aliphatic carbocycles. The van der Waals surface area contributed by atoms with Crippen LogP contribution in [0.4, 0.5) is 5.69 Å². The number of anilines is 1. The van der Waals surface area contributed by atoms with Crippen LogP contribution in [-0.2, 0) is 4.79 Å². The van der Waals surface area contributed by atoms with E-state index in [1.807, 2.05) is 12.1 Å². The van der Waals surface area contributed by atoms with Gasteiger partial charge < -0.3 is 10.4 Å². The molecule has 116 valence electrons. The third-order valence-corrected chi connectivity index (χ3v) is 5.25. The maximum absolute atomic E-state index is 12.2. The van der Waals surface area contributed by atoms with Crippen molar-refractivity contribution in [3.63, 3.8) is 0 Å². The van der Waals surface area contributed by atoms with Crippen LogP contribution in [0.15, 0.2) is 25.6 Å². The zero-order chi connectivity index (χ0) is 15.4. The van der Waals surface area contributed by atoms with Crippen molar-refractivity contribution < 1.29 is 9.90 Å². The largest absolute Gasteiger partial charge is 0.396 e. The lowest BCUT2D eigenvalue weighted by Crippen LogP contribution is -2.31. The van der Waals surface area contributed by atoms with Gasteiger partial charge in [-0.25, -0.2) is 0 Å². The van der Waals surface area contributed by atoms with Gasteiger partial charge in [0.1, 0.15) is 0 Å². The molecule has 1 aromatic rings. The molecular formula is C14H17Br3N2O2. The zero-order valence-electron chi connectivity index (χ0n) is 11.4. The van der Waals surface area contributed by atoms with Gasteiger partial charge in [0, 0.05) is 26.6 Å². The van der Waals surface area contributed by atoms with Crippen molar-refractivity contribution in [1.82, 2.24) is 4.90 Å². The van der Waals surface area contributed by atoms with Crippen LogP contribution in [0.5, 0.6) is 0 Å². The summed E-state index contributed by atoms with van der Waals surface area (Å²) < 4.78 is 2.60. The Morgan fingerprint density at radius 1 is 1.33 bits per heavy atom. The number of rotatable bonds is 5. The normalized spacial score (nSPS) is 19.0. The number of carbonyl (C=O) groups is 1. The Morgan fingerprint density at radius 3 is 2.62 bits per heavy atom. The Kier molecular flexibility index (Phi) is 6.68. The van der Waals surface area contributed by atoms with Gasteiger partial charge in [-0.1, -0.05) is 15.9 Å². The van der Waals surface area contributed by atoms with Crippen molar-refractivity contribution in [3.8, 4) is 0 Å². The van der Waals surface area contributed by atoms with Crippen molar-refractivity contribution in [2.75, 3.05) is 31.6 Å². The Bertz CT molecular complexity index is 502. The lowest BCUT2D eigenvalue weighted by atomic mass is 10.1. The first kappa shape index (κ1) is 17.4. The van der Waals surface area contributed by atoms with E-state index in [0.29, 0.717) is 12.5 Å². The van der Waals surface area contributed by atoms with E-state index < -0.39 is 0 Å². The molecular weight excluding hydrogens is 468 g/mol. The monoisotopic (exact) mass is 482 g/mol. The highest BCUT2D eigenvalue weighted by atomic mass is 79.9. The van der Waals surface area contributed by atoms with E-state index in [1.165, 1.54) is 0 Å². The lowest BCUT2D eigenvalue weighted by molar-refractivity contribution is -0.117. The topological polar surface area (TPSA) is 52.6 Å². The van der Waals surface area contributed by atoms with Crippen molar-refractivity contribution >= 4 is 59.4 Å². The fourth-order valence-corrected chi connectivity index (χ4v) is 4.98. The van der Waals surface area contributed by atoms with E-state index in [1.54, 1.807) is 0 Å². The van der Waals surface area contributed by atoms with E-state index in [-0.39, 0.29) is 12.5 Å². The molecule has 1 aliphatic rings. The summed E-state index contributed by atoms with van der Waals surface area (Å²) >= 11 is 10.3. The van der Waals surface area contributed by atoms with E-state index in [2.05, 4.69) is 58.0 Å². The maximum atomic E-state index is 12.2. The predicted molar refractivity (Wildman–Crippen MR) is 94.4 cm³/mol. The molecule has 1 aromatic carbocycles. The standard InChI is InChI=1S/C14H17Br3N2O2/c15-10-5-11(16)14(12(17)6-10)18-13(21)8-19-3-1-9(7-19)2-4-20/h5-6,9,20H,1-4,7-8H2,(H,18,21). The highest BCUT2D eigenvalue weighted by molar-refractivity contribution is 9.11. The minimum absolute atomic E-state index is 0.0247. The van der Waals surface area contributed by atoms with Crippen LogP contribution in [0.1, 0.15) is 12.8 Å². The third-order valence-electron chi connectivity index (χ3n) is 3.55. The molecule has 1 aliphatic heterocycles. The summed E-state index contributed by atoms with van der Waals surface area (Å²) in [5.74, 6) is 0.484. The second-order valence-electron chi connectivity index (χ2n) is 5.19. The molecule has 1 fully saturated rings. The summed E-state index contributed by atoms with van der Waals surface area (Å²) in [5.41, 5.74) is 0.745. The number of benzene rings is 1. The minimum Gasteiger partial charge on any atom is -0.396 e. The van der Waals surface area contributed by atoms with Gasteiger partial charge in [0.2, 0.25) is 5.91 Å². The Morgan fingerprint density at radius 2 is 2.00 bits per heavy atom. The number of nitrogens with one attached hydrogen (secondary N) is 1. The number of aliphatic hydroxyl groups excluding tert-OH is 1. The highest BCUT2D eigenvalue weighted by Crippen LogP contribution is 2.34. The number of nitrogens with zero attached hydrogens (tertiary/aromatic N) is 1. The van der Waals surface area contributed by atoms with E-state index in [9.17, 15) is 4.79 Å². The number of halogens is 3. The number of hydrogen-bond acceptors (Lipinski definition) is 3. The Hall–Kier alpha value is 0.0500. The van der Waals surface area contributed by atoms with Crippen LogP contribution in [0, 0.1) is 5.92 Å². The quantitative estimate of drug-likeness (QED) is 0.671. The van der Waals surface area contributed by atoms with Crippen molar-refractivity contribution in [2.45, 2.75) is 12.8 Å². The average Bonchev–Trinajstić information content (AvgIpc) is 2.81. The van der Waals surface area contributed by atoms with Gasteiger partial charge in [0.25, 0.3) is 0 Å². The molecule has 1 heterocycles. The molecule has 0 spiro atoms. The lowest BCUT2D eigenvalue weighted by Gasteiger charge is -2.16. The average molecular weight is 485 g/mol. The Labute approximate surface area is 149 Å². The molecule has 0 radical (unpaired) electrons. The van der Waals surface area contributed by atoms with Crippen LogP contribution in [0.3, 0.4) is 0 Å². The summed E-state index contributed by atoms with van der Waals surface area (Å²) in [5, 5.41) is 11.9. The SMILES string of the molecule is O=C(CN1CCC(CCO)C1)Nc1c(Br)cc(Br)cc1Br. The van der Waals surface area contributed by atoms with Crippen LogP contribution in [0.25, 0.3) is 0 Å². The minimum atomic E-state index is -0.0247. The van der Waals surface area contributed by atoms with Crippen LogP contribution in [0.2, 0.25) is 0 Å². The van der Waals surface area contributed by atoms with Gasteiger partial charge in [0.15, 0.2) is 0 Å². The third kappa shape index (κ3) is 5.03. The van der Waals surface area contributed by atoms with Crippen molar-refractivity contribution in [2.24, 2.45) is 5.92 Å². The number of carbonyl (C=O) groups excluding carboxylic acids is 1. The second kappa shape index (κ2) is 8.06. The second-order valence-corrected chi connectivity index (χ2v) is 7.82. The van der Waals surface area contributed by atoms with Crippen LogP contribution in [-0.4, -0.2) is 42.2 Å². The Balaban J connectivity index is 1.91. The maximum Gasteiger partial charge on any atom is 0.238 e. The molecule has 2 rings (SSSR count). The zero-order valence-corrected chi connectivity index (χ0v) is 16.2. The molecule has 0 bridgehead atoms. The number of likely N-dealkylation sites (tertiary alicyclic amines) is 1. The molecule has 1 unspecified atom stereocenters. The molecule has 0 aromatic heterocycles. The highest BCUT2D eigenvalue weighted by Gasteiger charge is 2.23. The summed E-state index contributed by atoms with van der Waals surface area (Å²) in [6, 6.07) is 3.79. The molecule has 21 heavy (non-hydrogen) atoms. The van der Waals surface area contributed by atoms with E-state index >= 15 is 0 Å². The molecule has 4 nitrogen and oxygen atoms in total. The fourth-order valence-electron chi connectivity index (χ4n) is 2.52. The van der Waals surface area contributed by atoms with Crippen LogP contribution >= 0.6 is 47.8 Å². The first-order valence-corrected chi connectivity index (χ1v) is 9.15. The molecule has 1 atom stereocenters. The number of aliphatic hydroxyl groups is 1. The summed E-state index contributed by atoms with van der Waals surface area (Å²) in [4.78, 5) is 14.3. The molecule has 0 saturated carbocycles. The molecule has 1 amide bonds. The number of amides is 1. The van der Waals surface area contributed by atoms with Gasteiger partial charge in [-0.2, -0.15) is 0 Å². The van der Waals surface area contributed by atoms with Gasteiger partial charge in [-0.05, 0) is 69.3 Å². The van der Waals surface area contributed by atoms with Gasteiger partial charge in [0.05, 0.1) is 12.2 Å². The van der Waals surface area contributed by atoms with Crippen molar-refractivity contribution in [3.05, 3.63) is 25.6 Å². The fraction of sp³-hybridized carbons (Fsp3) is 0.500. The number of hydrogen-bond donors (Lipinski definition) is 2. The summed E-state index contributed by atoms with van der Waals surface area (Å²) in [7, 11) is 0. The first-order valence-electron chi connectivity index (χ1n) is 6.77. The van der Waals surface area contributed by atoms with Gasteiger partial charge >= 0.3 is 0 Å². The van der Waals surface area contributed by atoms with Crippen molar-refractivity contribution in [1.29, 1.82) is 0 Å².